The van der Waals surface area contributed by atoms with Crippen LogP contribution in [0.15, 0.2) is 12.4 Å². The molecule has 2 fully saturated rings. The first-order chi connectivity index (χ1) is 13.0. The van der Waals surface area contributed by atoms with Gasteiger partial charge in [0.15, 0.2) is 5.82 Å². The molecule has 1 atom stereocenters. The first kappa shape index (κ1) is 17.9. The highest BCUT2D eigenvalue weighted by Gasteiger charge is 2.30. The van der Waals surface area contributed by atoms with Crippen molar-refractivity contribution in [2.45, 2.75) is 39.5 Å². The molecule has 27 heavy (non-hydrogen) atoms. The second kappa shape index (κ2) is 7.29. The van der Waals surface area contributed by atoms with Crippen molar-refractivity contribution in [3.8, 4) is 0 Å². The Labute approximate surface area is 160 Å². The maximum absolute atomic E-state index is 12.9. The summed E-state index contributed by atoms with van der Waals surface area (Å²) in [6, 6.07) is 0. The van der Waals surface area contributed by atoms with Gasteiger partial charge in [0, 0.05) is 62.8 Å². The average molecular weight is 368 g/mol. The van der Waals surface area contributed by atoms with Gasteiger partial charge in [0.1, 0.15) is 5.82 Å². The van der Waals surface area contributed by atoms with E-state index in [0.717, 1.165) is 55.5 Å². The number of aryl methyl sites for hydroxylation is 2. The van der Waals surface area contributed by atoms with Gasteiger partial charge in [-0.2, -0.15) is 4.98 Å². The quantitative estimate of drug-likeness (QED) is 0.773. The number of rotatable bonds is 4. The predicted octanol–water partition coefficient (Wildman–Crippen LogP) is 2.53. The minimum atomic E-state index is -0.0373. The van der Waals surface area contributed by atoms with Crippen molar-refractivity contribution in [3.63, 3.8) is 0 Å². The number of hydrogen-bond donors (Lipinski definition) is 0. The average Bonchev–Trinajstić information content (AvgIpc) is 3.35. The van der Waals surface area contributed by atoms with E-state index in [0.29, 0.717) is 12.4 Å². The summed E-state index contributed by atoms with van der Waals surface area (Å²) in [7, 11) is 1.88. The van der Waals surface area contributed by atoms with Crippen LogP contribution in [-0.4, -0.2) is 51.5 Å². The topological polar surface area (TPSA) is 67.2 Å². The summed E-state index contributed by atoms with van der Waals surface area (Å²) in [6.45, 7) is 7.83. The summed E-state index contributed by atoms with van der Waals surface area (Å²) in [5, 5.41) is 0. The number of aromatic nitrogens is 4. The van der Waals surface area contributed by atoms with Crippen LogP contribution in [0.25, 0.3) is 0 Å². The van der Waals surface area contributed by atoms with Crippen molar-refractivity contribution in [2.24, 2.45) is 13.0 Å². The van der Waals surface area contributed by atoms with E-state index in [1.165, 1.54) is 12.8 Å². The number of nitrogens with zero attached hydrogens (tertiary/aromatic N) is 6. The van der Waals surface area contributed by atoms with Crippen molar-refractivity contribution in [3.05, 3.63) is 29.5 Å². The van der Waals surface area contributed by atoms with Crippen LogP contribution in [0.2, 0.25) is 0 Å². The minimum absolute atomic E-state index is 0.0373. The standard InChI is InChI=1S/C20H28N6O/c1-14-15(2)22-20(25-9-4-5-10-25)23-18(14)26-11-6-7-16(13-26)17(27)19-21-8-12-24(19)3/h8,12,16H,4-7,9-11,13H2,1-3H3. The summed E-state index contributed by atoms with van der Waals surface area (Å²) in [6.07, 6.45) is 7.82. The van der Waals surface area contributed by atoms with Crippen LogP contribution in [-0.2, 0) is 7.05 Å². The van der Waals surface area contributed by atoms with Crippen LogP contribution >= 0.6 is 0 Å². The van der Waals surface area contributed by atoms with Gasteiger partial charge < -0.3 is 14.4 Å². The molecule has 0 spiro atoms. The first-order valence-electron chi connectivity index (χ1n) is 9.91. The van der Waals surface area contributed by atoms with E-state index in [1.807, 2.05) is 17.8 Å². The Morgan fingerprint density at radius 1 is 1.07 bits per heavy atom. The van der Waals surface area contributed by atoms with Crippen molar-refractivity contribution >= 4 is 17.5 Å². The molecule has 0 saturated carbocycles. The van der Waals surface area contributed by atoms with Crippen LogP contribution in [0.5, 0.6) is 0 Å². The highest BCUT2D eigenvalue weighted by molar-refractivity contribution is 5.95. The zero-order valence-corrected chi connectivity index (χ0v) is 16.5. The first-order valence-corrected chi connectivity index (χ1v) is 9.91. The van der Waals surface area contributed by atoms with Gasteiger partial charge in [-0.05, 0) is 39.5 Å². The van der Waals surface area contributed by atoms with E-state index >= 15 is 0 Å². The van der Waals surface area contributed by atoms with Gasteiger partial charge in [-0.15, -0.1) is 0 Å². The van der Waals surface area contributed by atoms with Crippen LogP contribution in [0, 0.1) is 19.8 Å². The monoisotopic (exact) mass is 368 g/mol. The molecule has 0 amide bonds. The number of Topliss-reactive ketones (excluding diaryl/α,β-unsaturated/α-hetero) is 1. The Hall–Kier alpha value is -2.44. The Kier molecular flexibility index (Phi) is 4.85. The number of piperidine rings is 1. The predicted molar refractivity (Wildman–Crippen MR) is 105 cm³/mol. The van der Waals surface area contributed by atoms with Gasteiger partial charge in [-0.3, -0.25) is 4.79 Å². The second-order valence-electron chi connectivity index (χ2n) is 7.76. The third-order valence-electron chi connectivity index (χ3n) is 5.87. The molecular formula is C20H28N6O. The highest BCUT2D eigenvalue weighted by Crippen LogP contribution is 2.29. The molecule has 2 aromatic heterocycles. The van der Waals surface area contributed by atoms with E-state index in [1.54, 1.807) is 6.20 Å². The van der Waals surface area contributed by atoms with Crippen molar-refractivity contribution in [1.82, 2.24) is 19.5 Å². The molecule has 2 aromatic rings. The fourth-order valence-electron chi connectivity index (χ4n) is 4.13. The summed E-state index contributed by atoms with van der Waals surface area (Å²) in [5.74, 6) is 2.47. The van der Waals surface area contributed by atoms with E-state index in [2.05, 4.69) is 28.6 Å². The molecule has 4 rings (SSSR count). The third-order valence-corrected chi connectivity index (χ3v) is 5.87. The lowest BCUT2D eigenvalue weighted by Crippen LogP contribution is -2.40. The van der Waals surface area contributed by atoms with Crippen LogP contribution in [0.4, 0.5) is 11.8 Å². The van der Waals surface area contributed by atoms with Gasteiger partial charge in [-0.25, -0.2) is 9.97 Å². The zero-order chi connectivity index (χ0) is 19.0. The number of carbonyl (C=O) groups excluding carboxylic acids is 1. The highest BCUT2D eigenvalue weighted by atomic mass is 16.1. The SMILES string of the molecule is Cc1nc(N2CCCC2)nc(N2CCCC(C(=O)c3nccn3C)C2)c1C. The molecule has 7 nitrogen and oxygen atoms in total. The van der Waals surface area contributed by atoms with Gasteiger partial charge in [0.05, 0.1) is 0 Å². The normalized spacial score (nSPS) is 20.3. The van der Waals surface area contributed by atoms with E-state index in [4.69, 9.17) is 9.97 Å². The number of imidazole rings is 1. The van der Waals surface area contributed by atoms with E-state index < -0.39 is 0 Å². The summed E-state index contributed by atoms with van der Waals surface area (Å²) in [4.78, 5) is 31.4. The molecule has 0 N–H and O–H groups in total. The lowest BCUT2D eigenvalue weighted by molar-refractivity contribution is 0.0893. The molecule has 0 bridgehead atoms. The molecular weight excluding hydrogens is 340 g/mol. The Bertz CT molecular complexity index is 839. The van der Waals surface area contributed by atoms with Gasteiger partial charge in [-0.1, -0.05) is 0 Å². The fourth-order valence-corrected chi connectivity index (χ4v) is 4.13. The van der Waals surface area contributed by atoms with E-state index in [-0.39, 0.29) is 11.7 Å². The molecule has 0 aromatic carbocycles. The molecule has 0 aliphatic carbocycles. The van der Waals surface area contributed by atoms with Crippen molar-refractivity contribution < 1.29 is 4.79 Å². The lowest BCUT2D eigenvalue weighted by Gasteiger charge is -2.34. The van der Waals surface area contributed by atoms with Gasteiger partial charge in [0.2, 0.25) is 11.7 Å². The van der Waals surface area contributed by atoms with Crippen molar-refractivity contribution in [2.75, 3.05) is 36.0 Å². The van der Waals surface area contributed by atoms with Crippen LogP contribution in [0.1, 0.15) is 47.6 Å². The fraction of sp³-hybridized carbons (Fsp3) is 0.600. The Morgan fingerprint density at radius 2 is 1.81 bits per heavy atom. The maximum atomic E-state index is 12.9. The Morgan fingerprint density at radius 3 is 2.52 bits per heavy atom. The molecule has 1 unspecified atom stereocenters. The number of carbonyl (C=O) groups is 1. The van der Waals surface area contributed by atoms with Crippen LogP contribution < -0.4 is 9.80 Å². The molecule has 4 heterocycles. The molecule has 7 heteroatoms. The largest absolute Gasteiger partial charge is 0.355 e. The third kappa shape index (κ3) is 3.42. The molecule has 2 aliphatic rings. The van der Waals surface area contributed by atoms with Crippen LogP contribution in [0.3, 0.4) is 0 Å². The van der Waals surface area contributed by atoms with Gasteiger partial charge in [0.25, 0.3) is 0 Å². The summed E-state index contributed by atoms with van der Waals surface area (Å²) < 4.78 is 1.81. The Balaban J connectivity index is 1.59. The van der Waals surface area contributed by atoms with Gasteiger partial charge >= 0.3 is 0 Å². The molecule has 2 aliphatic heterocycles. The lowest BCUT2D eigenvalue weighted by atomic mass is 9.93. The maximum Gasteiger partial charge on any atom is 0.227 e. The zero-order valence-electron chi connectivity index (χ0n) is 16.5. The minimum Gasteiger partial charge on any atom is -0.355 e. The number of ketones is 1. The number of anilines is 2. The smallest absolute Gasteiger partial charge is 0.227 e. The number of hydrogen-bond acceptors (Lipinski definition) is 6. The molecule has 0 radical (unpaired) electrons. The summed E-state index contributed by atoms with van der Waals surface area (Å²) in [5.41, 5.74) is 2.14. The second-order valence-corrected chi connectivity index (χ2v) is 7.76. The molecule has 2 saturated heterocycles. The summed E-state index contributed by atoms with van der Waals surface area (Å²) >= 11 is 0. The van der Waals surface area contributed by atoms with Crippen molar-refractivity contribution in [1.29, 1.82) is 0 Å². The molecule has 144 valence electrons. The van der Waals surface area contributed by atoms with E-state index in [9.17, 15) is 4.79 Å².